The maximum atomic E-state index is 12.9. The molecule has 3 rings (SSSR count). The maximum Gasteiger partial charge on any atom is 0.258 e. The molecule has 1 atom stereocenters. The number of fused-ring (bicyclic) bond motifs is 1. The summed E-state index contributed by atoms with van der Waals surface area (Å²) in [6.45, 7) is 3.87. The zero-order valence-corrected chi connectivity index (χ0v) is 13.7. The minimum atomic E-state index is -0.357. The van der Waals surface area contributed by atoms with Crippen molar-refractivity contribution < 1.29 is 18.7 Å². The van der Waals surface area contributed by atoms with Crippen LogP contribution in [-0.4, -0.2) is 18.1 Å². The maximum absolute atomic E-state index is 12.9. The number of amides is 1. The molecular weight excluding hydrogens is 309 g/mol. The van der Waals surface area contributed by atoms with Gasteiger partial charge in [0.1, 0.15) is 22.9 Å². The number of hydrogen-bond acceptors (Lipinski definition) is 3. The summed E-state index contributed by atoms with van der Waals surface area (Å²) in [7, 11) is 0. The Morgan fingerprint density at radius 3 is 2.71 bits per heavy atom. The van der Waals surface area contributed by atoms with E-state index in [1.165, 1.54) is 24.3 Å². The highest BCUT2D eigenvalue weighted by Crippen LogP contribution is 2.39. The van der Waals surface area contributed by atoms with Crippen molar-refractivity contribution in [1.29, 1.82) is 0 Å². The molecule has 0 bridgehead atoms. The van der Waals surface area contributed by atoms with E-state index >= 15 is 0 Å². The molecule has 1 amide bonds. The molecule has 0 fully saturated rings. The van der Waals surface area contributed by atoms with Crippen molar-refractivity contribution in [3.05, 3.63) is 59.9 Å². The predicted octanol–water partition coefficient (Wildman–Crippen LogP) is 3.62. The molecule has 2 aromatic rings. The highest BCUT2D eigenvalue weighted by molar-refractivity contribution is 5.78. The molecule has 1 heterocycles. The Kier molecular flexibility index (Phi) is 4.42. The van der Waals surface area contributed by atoms with Crippen LogP contribution in [-0.2, 0) is 4.79 Å². The number of ether oxygens (including phenoxy) is 2. The molecule has 0 aliphatic carbocycles. The summed E-state index contributed by atoms with van der Waals surface area (Å²) in [5, 5.41) is 2.99. The van der Waals surface area contributed by atoms with Gasteiger partial charge >= 0.3 is 0 Å². The van der Waals surface area contributed by atoms with E-state index in [9.17, 15) is 9.18 Å². The summed E-state index contributed by atoms with van der Waals surface area (Å²) in [6.07, 6.45) is 0.673. The van der Waals surface area contributed by atoms with Gasteiger partial charge in [-0.05, 0) is 44.2 Å². The van der Waals surface area contributed by atoms with E-state index in [2.05, 4.69) is 5.32 Å². The number of benzene rings is 2. The number of rotatable bonds is 4. The Balaban J connectivity index is 1.64. The molecule has 0 radical (unpaired) electrons. The highest BCUT2D eigenvalue weighted by atomic mass is 19.1. The number of carbonyl (C=O) groups excluding carboxylic acids is 1. The Hall–Kier alpha value is -2.56. The fraction of sp³-hybridized carbons (Fsp3) is 0.316. The van der Waals surface area contributed by atoms with Gasteiger partial charge in [0.05, 0.1) is 6.04 Å². The van der Waals surface area contributed by atoms with Crippen LogP contribution in [0.25, 0.3) is 0 Å². The fourth-order valence-corrected chi connectivity index (χ4v) is 2.85. The number of hydrogen-bond donors (Lipinski definition) is 1. The molecule has 0 saturated heterocycles. The predicted molar refractivity (Wildman–Crippen MR) is 88.5 cm³/mol. The van der Waals surface area contributed by atoms with Gasteiger partial charge in [-0.2, -0.15) is 0 Å². The minimum absolute atomic E-state index is 0.119. The molecular formula is C19H20FNO3. The van der Waals surface area contributed by atoms with Crippen molar-refractivity contribution in [3.8, 4) is 11.5 Å². The third kappa shape index (κ3) is 3.85. The van der Waals surface area contributed by atoms with Gasteiger partial charge < -0.3 is 14.8 Å². The lowest BCUT2D eigenvalue weighted by Crippen LogP contribution is -2.42. The van der Waals surface area contributed by atoms with Crippen LogP contribution in [0, 0.1) is 5.82 Å². The molecule has 1 aliphatic heterocycles. The van der Waals surface area contributed by atoms with E-state index in [4.69, 9.17) is 9.47 Å². The van der Waals surface area contributed by atoms with Gasteiger partial charge in [-0.3, -0.25) is 4.79 Å². The van der Waals surface area contributed by atoms with Gasteiger partial charge in [-0.15, -0.1) is 0 Å². The number of para-hydroxylation sites is 1. The first-order valence-corrected chi connectivity index (χ1v) is 7.89. The molecule has 4 nitrogen and oxygen atoms in total. The summed E-state index contributed by atoms with van der Waals surface area (Å²) >= 11 is 0. The van der Waals surface area contributed by atoms with Gasteiger partial charge in [0.25, 0.3) is 5.91 Å². The van der Waals surface area contributed by atoms with Crippen molar-refractivity contribution in [3.63, 3.8) is 0 Å². The largest absolute Gasteiger partial charge is 0.487 e. The average molecular weight is 329 g/mol. The van der Waals surface area contributed by atoms with Crippen molar-refractivity contribution in [2.45, 2.75) is 31.9 Å². The summed E-state index contributed by atoms with van der Waals surface area (Å²) in [6, 6.07) is 13.2. The van der Waals surface area contributed by atoms with Gasteiger partial charge in [-0.25, -0.2) is 4.39 Å². The highest BCUT2D eigenvalue weighted by Gasteiger charge is 2.34. The molecule has 1 aliphatic rings. The Labute approximate surface area is 140 Å². The third-order valence-corrected chi connectivity index (χ3v) is 3.90. The summed E-state index contributed by atoms with van der Waals surface area (Å²) < 4.78 is 24.2. The standard InChI is InChI=1S/C19H20FNO3/c1-19(2)11-16(15-5-3-4-6-17(15)24-19)21-18(22)12-23-14-9-7-13(20)8-10-14/h3-10,16H,11-12H2,1-2H3,(H,21,22)/t16-/m0/s1. The monoisotopic (exact) mass is 329 g/mol. The van der Waals surface area contributed by atoms with Crippen LogP contribution in [0.3, 0.4) is 0 Å². The SMILES string of the molecule is CC1(C)C[C@H](NC(=O)COc2ccc(F)cc2)c2ccccc2O1. The van der Waals surface area contributed by atoms with E-state index < -0.39 is 0 Å². The average Bonchev–Trinajstić information content (AvgIpc) is 2.53. The van der Waals surface area contributed by atoms with Crippen LogP contribution >= 0.6 is 0 Å². The minimum Gasteiger partial charge on any atom is -0.487 e. The van der Waals surface area contributed by atoms with Gasteiger partial charge in [0.2, 0.25) is 0 Å². The lowest BCUT2D eigenvalue weighted by Gasteiger charge is -2.37. The molecule has 0 spiro atoms. The van der Waals surface area contributed by atoms with Crippen LogP contribution in [0.2, 0.25) is 0 Å². The molecule has 0 saturated carbocycles. The zero-order chi connectivity index (χ0) is 17.2. The number of nitrogens with one attached hydrogen (secondary N) is 1. The number of carbonyl (C=O) groups is 1. The molecule has 2 aromatic carbocycles. The molecule has 0 aromatic heterocycles. The third-order valence-electron chi connectivity index (χ3n) is 3.90. The van der Waals surface area contributed by atoms with E-state index in [1.54, 1.807) is 0 Å². The molecule has 24 heavy (non-hydrogen) atoms. The quantitative estimate of drug-likeness (QED) is 0.932. The first-order valence-electron chi connectivity index (χ1n) is 7.89. The van der Waals surface area contributed by atoms with Crippen molar-refractivity contribution in [1.82, 2.24) is 5.32 Å². The van der Waals surface area contributed by atoms with Crippen molar-refractivity contribution >= 4 is 5.91 Å². The zero-order valence-electron chi connectivity index (χ0n) is 13.7. The molecule has 0 unspecified atom stereocenters. The summed E-state index contributed by atoms with van der Waals surface area (Å²) in [5.74, 6) is 0.683. The lowest BCUT2D eigenvalue weighted by molar-refractivity contribution is -0.124. The van der Waals surface area contributed by atoms with Crippen LogP contribution < -0.4 is 14.8 Å². The number of halogens is 1. The first kappa shape index (κ1) is 16.3. The second-order valence-electron chi connectivity index (χ2n) is 6.47. The molecule has 126 valence electrons. The van der Waals surface area contributed by atoms with E-state index in [-0.39, 0.29) is 30.0 Å². The van der Waals surface area contributed by atoms with Crippen LogP contribution in [0.5, 0.6) is 11.5 Å². The second-order valence-corrected chi connectivity index (χ2v) is 6.47. The Morgan fingerprint density at radius 1 is 1.25 bits per heavy atom. The fourth-order valence-electron chi connectivity index (χ4n) is 2.85. The second kappa shape index (κ2) is 6.51. The normalized spacial score (nSPS) is 18.2. The van der Waals surface area contributed by atoms with Crippen molar-refractivity contribution in [2.75, 3.05) is 6.61 Å². The topological polar surface area (TPSA) is 47.6 Å². The molecule has 1 N–H and O–H groups in total. The van der Waals surface area contributed by atoms with E-state index in [0.29, 0.717) is 12.2 Å². The van der Waals surface area contributed by atoms with E-state index in [1.807, 2.05) is 38.1 Å². The lowest BCUT2D eigenvalue weighted by atomic mass is 9.90. The summed E-state index contributed by atoms with van der Waals surface area (Å²) in [5.41, 5.74) is 0.608. The summed E-state index contributed by atoms with van der Waals surface area (Å²) in [4.78, 5) is 12.2. The van der Waals surface area contributed by atoms with Crippen LogP contribution in [0.1, 0.15) is 31.9 Å². The Morgan fingerprint density at radius 2 is 1.96 bits per heavy atom. The van der Waals surface area contributed by atoms with Gasteiger partial charge in [0, 0.05) is 12.0 Å². The van der Waals surface area contributed by atoms with E-state index in [0.717, 1.165) is 11.3 Å². The van der Waals surface area contributed by atoms with Crippen LogP contribution in [0.15, 0.2) is 48.5 Å². The smallest absolute Gasteiger partial charge is 0.258 e. The van der Waals surface area contributed by atoms with Crippen molar-refractivity contribution in [2.24, 2.45) is 0 Å². The molecule has 5 heteroatoms. The van der Waals surface area contributed by atoms with Crippen LogP contribution in [0.4, 0.5) is 4.39 Å². The van der Waals surface area contributed by atoms with Gasteiger partial charge in [-0.1, -0.05) is 18.2 Å². The van der Waals surface area contributed by atoms with Gasteiger partial charge in [0.15, 0.2) is 6.61 Å². The Bertz CT molecular complexity index is 728. The first-order chi connectivity index (χ1) is 11.4.